The van der Waals surface area contributed by atoms with Gasteiger partial charge in [0.1, 0.15) is 0 Å². The zero-order chi connectivity index (χ0) is 17.1. The van der Waals surface area contributed by atoms with Crippen molar-refractivity contribution in [3.8, 4) is 0 Å². The van der Waals surface area contributed by atoms with Gasteiger partial charge in [0.2, 0.25) is 0 Å². The van der Waals surface area contributed by atoms with Crippen molar-refractivity contribution in [2.75, 3.05) is 33.2 Å². The first-order chi connectivity index (χ1) is 11.5. The van der Waals surface area contributed by atoms with E-state index in [4.69, 9.17) is 5.11 Å². The van der Waals surface area contributed by atoms with Crippen LogP contribution in [0.1, 0.15) is 24.0 Å². The Balaban J connectivity index is 1.58. The summed E-state index contributed by atoms with van der Waals surface area (Å²) in [5, 5.41) is 8.97. The minimum absolute atomic E-state index is 0.0892. The molecule has 128 valence electrons. The summed E-state index contributed by atoms with van der Waals surface area (Å²) >= 11 is 0. The molecular weight excluding hydrogens is 306 g/mol. The zero-order valence-corrected chi connectivity index (χ0v) is 13.9. The predicted molar refractivity (Wildman–Crippen MR) is 91.7 cm³/mol. The van der Waals surface area contributed by atoms with Gasteiger partial charge in [-0.15, -0.1) is 0 Å². The minimum atomic E-state index is -0.833. The van der Waals surface area contributed by atoms with Gasteiger partial charge in [0.15, 0.2) is 0 Å². The van der Waals surface area contributed by atoms with Gasteiger partial charge in [-0.2, -0.15) is 0 Å². The van der Waals surface area contributed by atoms with Crippen molar-refractivity contribution in [2.45, 2.75) is 19.4 Å². The van der Waals surface area contributed by atoms with Crippen LogP contribution < -0.4 is 0 Å². The number of likely N-dealkylation sites (N-methyl/N-ethyl adjacent to an activating group) is 1. The number of carbonyl (C=O) groups is 2. The summed E-state index contributed by atoms with van der Waals surface area (Å²) in [6.45, 7) is 3.36. The van der Waals surface area contributed by atoms with Crippen LogP contribution in [-0.2, 0) is 6.54 Å². The Morgan fingerprint density at radius 2 is 1.79 bits per heavy atom. The fourth-order valence-corrected chi connectivity index (χ4v) is 3.16. The number of amides is 3. The van der Waals surface area contributed by atoms with Crippen LogP contribution in [0, 0.1) is 0 Å². The van der Waals surface area contributed by atoms with E-state index in [1.807, 2.05) is 11.9 Å². The van der Waals surface area contributed by atoms with Gasteiger partial charge in [0.05, 0.1) is 0 Å². The molecule has 0 spiro atoms. The standard InChI is InChI=1S/C18H23N3O3/c1-19-10-11-21(17(19)22)13-16-4-2-14(3-5-16)12-15-6-8-20(9-7-15)18(23)24/h2-5,12H,6-11,13H2,1H3,(H,23,24). The van der Waals surface area contributed by atoms with E-state index in [0.717, 1.165) is 37.1 Å². The number of carbonyl (C=O) groups excluding carboxylic acids is 1. The van der Waals surface area contributed by atoms with Crippen molar-refractivity contribution < 1.29 is 14.7 Å². The summed E-state index contributed by atoms with van der Waals surface area (Å²) in [7, 11) is 1.83. The van der Waals surface area contributed by atoms with E-state index in [1.54, 1.807) is 4.90 Å². The van der Waals surface area contributed by atoms with Crippen molar-refractivity contribution in [2.24, 2.45) is 0 Å². The number of piperidine rings is 1. The zero-order valence-electron chi connectivity index (χ0n) is 13.9. The molecule has 0 unspecified atom stereocenters. The van der Waals surface area contributed by atoms with Crippen LogP contribution in [-0.4, -0.2) is 65.2 Å². The van der Waals surface area contributed by atoms with Gasteiger partial charge in [-0.3, -0.25) is 0 Å². The average molecular weight is 329 g/mol. The lowest BCUT2D eigenvalue weighted by atomic mass is 10.0. The molecule has 2 aliphatic heterocycles. The fraction of sp³-hybridized carbons (Fsp3) is 0.444. The molecule has 0 bridgehead atoms. The Bertz CT molecular complexity index is 644. The molecule has 0 radical (unpaired) electrons. The number of urea groups is 1. The predicted octanol–water partition coefficient (Wildman–Crippen LogP) is 2.71. The SMILES string of the molecule is CN1CCN(Cc2ccc(C=C3CCN(C(=O)O)CC3)cc2)C1=O. The molecule has 1 aromatic rings. The van der Waals surface area contributed by atoms with Gasteiger partial charge >= 0.3 is 12.1 Å². The number of benzene rings is 1. The Morgan fingerprint density at radius 3 is 2.33 bits per heavy atom. The quantitative estimate of drug-likeness (QED) is 0.927. The maximum atomic E-state index is 11.9. The summed E-state index contributed by atoms with van der Waals surface area (Å²) in [5.41, 5.74) is 3.54. The number of carboxylic acid groups (broad SMARTS) is 1. The van der Waals surface area contributed by atoms with Crippen molar-refractivity contribution in [3.05, 3.63) is 41.0 Å². The van der Waals surface area contributed by atoms with Crippen LogP contribution in [0.4, 0.5) is 9.59 Å². The number of rotatable bonds is 3. The molecule has 3 rings (SSSR count). The maximum absolute atomic E-state index is 11.9. The summed E-state index contributed by atoms with van der Waals surface area (Å²) in [5.74, 6) is 0. The molecule has 0 aliphatic carbocycles. The van der Waals surface area contributed by atoms with Crippen LogP contribution in [0.2, 0.25) is 0 Å². The van der Waals surface area contributed by atoms with E-state index in [-0.39, 0.29) is 6.03 Å². The van der Waals surface area contributed by atoms with Crippen LogP contribution in [0.25, 0.3) is 6.08 Å². The monoisotopic (exact) mass is 329 g/mol. The van der Waals surface area contributed by atoms with E-state index in [9.17, 15) is 9.59 Å². The second kappa shape index (κ2) is 6.95. The summed E-state index contributed by atoms with van der Waals surface area (Å²) in [6.07, 6.45) is 2.91. The highest BCUT2D eigenvalue weighted by molar-refractivity contribution is 5.76. The normalized spacial score (nSPS) is 18.3. The molecule has 0 saturated carbocycles. The topological polar surface area (TPSA) is 64.1 Å². The minimum Gasteiger partial charge on any atom is -0.465 e. The van der Waals surface area contributed by atoms with E-state index in [0.29, 0.717) is 19.6 Å². The Morgan fingerprint density at radius 1 is 1.12 bits per heavy atom. The summed E-state index contributed by atoms with van der Waals surface area (Å²) in [4.78, 5) is 27.9. The van der Waals surface area contributed by atoms with Crippen LogP contribution in [0.15, 0.2) is 29.8 Å². The molecule has 0 atom stereocenters. The van der Waals surface area contributed by atoms with Crippen LogP contribution in [0.3, 0.4) is 0 Å². The van der Waals surface area contributed by atoms with E-state index >= 15 is 0 Å². The average Bonchev–Trinajstić information content (AvgIpc) is 2.89. The number of hydrogen-bond acceptors (Lipinski definition) is 2. The largest absolute Gasteiger partial charge is 0.465 e. The molecule has 24 heavy (non-hydrogen) atoms. The van der Waals surface area contributed by atoms with Crippen molar-refractivity contribution >= 4 is 18.2 Å². The Labute approximate surface area is 142 Å². The molecule has 1 aromatic carbocycles. The highest BCUT2D eigenvalue weighted by Crippen LogP contribution is 2.20. The third-order valence-corrected chi connectivity index (χ3v) is 4.70. The highest BCUT2D eigenvalue weighted by Gasteiger charge is 2.24. The molecule has 3 amide bonds. The molecule has 6 heteroatoms. The molecular formula is C18H23N3O3. The number of hydrogen-bond donors (Lipinski definition) is 1. The highest BCUT2D eigenvalue weighted by atomic mass is 16.4. The lowest BCUT2D eigenvalue weighted by Gasteiger charge is -2.25. The molecule has 6 nitrogen and oxygen atoms in total. The molecule has 1 N–H and O–H groups in total. The molecule has 2 saturated heterocycles. The Hall–Kier alpha value is -2.50. The smallest absolute Gasteiger partial charge is 0.407 e. The van der Waals surface area contributed by atoms with Crippen molar-refractivity contribution in [3.63, 3.8) is 0 Å². The van der Waals surface area contributed by atoms with Crippen LogP contribution in [0.5, 0.6) is 0 Å². The first kappa shape index (κ1) is 16.4. The molecule has 2 fully saturated rings. The number of nitrogens with zero attached hydrogens (tertiary/aromatic N) is 3. The van der Waals surface area contributed by atoms with Gasteiger partial charge in [-0.25, -0.2) is 9.59 Å². The van der Waals surface area contributed by atoms with Gasteiger partial charge in [-0.05, 0) is 24.0 Å². The number of likely N-dealkylation sites (tertiary alicyclic amines) is 1. The van der Waals surface area contributed by atoms with Gasteiger partial charge in [-0.1, -0.05) is 35.9 Å². The first-order valence-corrected chi connectivity index (χ1v) is 8.29. The summed E-state index contributed by atoms with van der Waals surface area (Å²) in [6, 6.07) is 8.34. The molecule has 2 aliphatic rings. The third-order valence-electron chi connectivity index (χ3n) is 4.70. The third kappa shape index (κ3) is 3.69. The van der Waals surface area contributed by atoms with Gasteiger partial charge in [0, 0.05) is 39.8 Å². The second-order valence-corrected chi connectivity index (χ2v) is 6.44. The van der Waals surface area contributed by atoms with Crippen molar-refractivity contribution in [1.82, 2.24) is 14.7 Å². The second-order valence-electron chi connectivity index (χ2n) is 6.44. The Kier molecular flexibility index (Phi) is 4.74. The van der Waals surface area contributed by atoms with E-state index in [2.05, 4.69) is 30.3 Å². The maximum Gasteiger partial charge on any atom is 0.407 e. The lowest BCUT2D eigenvalue weighted by molar-refractivity contribution is 0.142. The van der Waals surface area contributed by atoms with Crippen LogP contribution >= 0.6 is 0 Å². The lowest BCUT2D eigenvalue weighted by Crippen LogP contribution is -2.35. The molecule has 2 heterocycles. The van der Waals surface area contributed by atoms with Gasteiger partial charge in [0.25, 0.3) is 0 Å². The fourth-order valence-electron chi connectivity index (χ4n) is 3.16. The first-order valence-electron chi connectivity index (χ1n) is 8.29. The summed E-state index contributed by atoms with van der Waals surface area (Å²) < 4.78 is 0. The van der Waals surface area contributed by atoms with Gasteiger partial charge < -0.3 is 19.8 Å². The van der Waals surface area contributed by atoms with E-state index in [1.165, 1.54) is 10.5 Å². The van der Waals surface area contributed by atoms with Crippen molar-refractivity contribution in [1.29, 1.82) is 0 Å². The molecule has 0 aromatic heterocycles. The van der Waals surface area contributed by atoms with E-state index < -0.39 is 6.09 Å².